The molecule has 0 aromatic carbocycles. The number of esters is 2. The molecule has 0 aliphatic carbocycles. The van der Waals surface area contributed by atoms with Crippen molar-refractivity contribution >= 4 is 22.1 Å². The molecule has 0 saturated carbocycles. The van der Waals surface area contributed by atoms with E-state index in [4.69, 9.17) is 18.9 Å². The Hall–Kier alpha value is -1.61. The van der Waals surface area contributed by atoms with Gasteiger partial charge < -0.3 is 34.3 Å². The summed E-state index contributed by atoms with van der Waals surface area (Å²) in [6.45, 7) is 3.73. The molecule has 1 heterocycles. The highest BCUT2D eigenvalue weighted by Gasteiger charge is 2.46. The lowest BCUT2D eigenvalue weighted by Gasteiger charge is -2.40. The molecule has 1 aliphatic rings. The van der Waals surface area contributed by atoms with E-state index in [-0.39, 0.29) is 19.4 Å². The first-order chi connectivity index (χ1) is 26.0. The minimum Gasteiger partial charge on any atom is -0.462 e. The van der Waals surface area contributed by atoms with E-state index in [1.165, 1.54) is 83.5 Å². The fraction of sp³-hybridized carbons (Fsp3) is 0.902. The molecule has 1 rings (SSSR count). The Balaban J connectivity index is 2.49. The second-order valence-electron chi connectivity index (χ2n) is 15.0. The standard InChI is InChI=1S/C41H76O12S/c1-3-5-7-9-11-13-15-17-18-20-22-24-26-28-30-37(43)52-34(32-51-41-40(46)39(45)38(44)35(53-41)33-54(47,48)49)31-50-36(42)29-27-25-23-21-19-16-14-12-10-8-6-4-2/h15,17,34-35,38-41,44-46H,3-14,16,18-33H2,1-2H3,(H,47,48,49)/b17-15-. The number of rotatable bonds is 35. The number of allylic oxidation sites excluding steroid dienone is 2. The number of carbonyl (C=O) groups is 2. The first kappa shape index (κ1) is 50.4. The quantitative estimate of drug-likeness (QED) is 0.0211. The number of hydrogen-bond acceptors (Lipinski definition) is 11. The maximum atomic E-state index is 12.8. The van der Waals surface area contributed by atoms with Crippen molar-refractivity contribution in [3.63, 3.8) is 0 Å². The predicted molar refractivity (Wildman–Crippen MR) is 210 cm³/mol. The van der Waals surface area contributed by atoms with E-state index < -0.39 is 71.2 Å². The zero-order valence-corrected chi connectivity index (χ0v) is 34.4. The lowest BCUT2D eigenvalue weighted by atomic mass is 10.00. The second-order valence-corrected chi connectivity index (χ2v) is 16.5. The maximum absolute atomic E-state index is 12.8. The number of unbranched alkanes of at least 4 members (excludes halogenated alkanes) is 21. The molecule has 6 atom stereocenters. The molecule has 1 fully saturated rings. The lowest BCUT2D eigenvalue weighted by Crippen LogP contribution is -2.60. The van der Waals surface area contributed by atoms with Gasteiger partial charge in [0.25, 0.3) is 10.1 Å². The molecule has 6 unspecified atom stereocenters. The van der Waals surface area contributed by atoms with Crippen molar-refractivity contribution in [1.82, 2.24) is 0 Å². The van der Waals surface area contributed by atoms with Crippen LogP contribution in [0, 0.1) is 0 Å². The molecule has 13 heteroatoms. The van der Waals surface area contributed by atoms with Crippen LogP contribution < -0.4 is 0 Å². The zero-order chi connectivity index (χ0) is 39.9. The smallest absolute Gasteiger partial charge is 0.306 e. The molecule has 0 radical (unpaired) electrons. The van der Waals surface area contributed by atoms with Gasteiger partial charge in [-0.1, -0.05) is 142 Å². The summed E-state index contributed by atoms with van der Waals surface area (Å²) in [4.78, 5) is 25.3. The molecule has 0 spiro atoms. The van der Waals surface area contributed by atoms with Crippen molar-refractivity contribution in [3.05, 3.63) is 12.2 Å². The van der Waals surface area contributed by atoms with Crippen molar-refractivity contribution in [3.8, 4) is 0 Å². The minimum absolute atomic E-state index is 0.158. The maximum Gasteiger partial charge on any atom is 0.306 e. The summed E-state index contributed by atoms with van der Waals surface area (Å²) in [6, 6.07) is 0. The van der Waals surface area contributed by atoms with Crippen LogP contribution in [0.25, 0.3) is 0 Å². The summed E-state index contributed by atoms with van der Waals surface area (Å²) in [7, 11) is -4.60. The molecule has 0 amide bonds. The van der Waals surface area contributed by atoms with E-state index in [0.29, 0.717) is 12.8 Å². The topological polar surface area (TPSA) is 186 Å². The average molecular weight is 793 g/mol. The first-order valence-corrected chi connectivity index (χ1v) is 22.9. The summed E-state index contributed by atoms with van der Waals surface area (Å²) in [6.07, 6.45) is 22.6. The lowest BCUT2D eigenvalue weighted by molar-refractivity contribution is -0.297. The Morgan fingerprint density at radius 2 is 1.06 bits per heavy atom. The molecule has 318 valence electrons. The summed E-state index contributed by atoms with van der Waals surface area (Å²) in [5.41, 5.74) is 0. The van der Waals surface area contributed by atoms with Crippen LogP contribution in [-0.4, -0.2) is 96.0 Å². The first-order valence-electron chi connectivity index (χ1n) is 21.2. The van der Waals surface area contributed by atoms with Gasteiger partial charge in [0.2, 0.25) is 0 Å². The number of aliphatic hydroxyl groups excluding tert-OH is 3. The molecule has 0 aromatic rings. The van der Waals surface area contributed by atoms with Crippen LogP contribution >= 0.6 is 0 Å². The zero-order valence-electron chi connectivity index (χ0n) is 33.6. The number of hydrogen-bond donors (Lipinski definition) is 4. The molecule has 1 aliphatic heterocycles. The largest absolute Gasteiger partial charge is 0.462 e. The van der Waals surface area contributed by atoms with Crippen molar-refractivity contribution < 1.29 is 56.8 Å². The third-order valence-corrected chi connectivity index (χ3v) is 10.6. The number of aliphatic hydroxyl groups is 3. The van der Waals surface area contributed by atoms with E-state index in [2.05, 4.69) is 26.0 Å². The Morgan fingerprint density at radius 3 is 1.54 bits per heavy atom. The molecule has 12 nitrogen and oxygen atoms in total. The Labute approximate surface area is 326 Å². The summed E-state index contributed by atoms with van der Waals surface area (Å²) < 4.78 is 53.9. The predicted octanol–water partition coefficient (Wildman–Crippen LogP) is 7.89. The minimum atomic E-state index is -4.60. The van der Waals surface area contributed by atoms with Gasteiger partial charge in [0, 0.05) is 12.8 Å². The van der Waals surface area contributed by atoms with Gasteiger partial charge in [-0.3, -0.25) is 14.1 Å². The van der Waals surface area contributed by atoms with Crippen LogP contribution in [0.5, 0.6) is 0 Å². The van der Waals surface area contributed by atoms with Gasteiger partial charge in [0.05, 0.1) is 6.61 Å². The SMILES string of the molecule is CCCCCCC/C=C\CCCCCCCC(=O)OC(COC(=O)CCCCCCCCCCCCCC)COC1OC(CS(=O)(=O)O)C(O)C(O)C1O. The molecule has 4 N–H and O–H groups in total. The van der Waals surface area contributed by atoms with Crippen molar-refractivity contribution in [2.45, 2.75) is 218 Å². The van der Waals surface area contributed by atoms with Gasteiger partial charge in [-0.25, -0.2) is 0 Å². The molecular weight excluding hydrogens is 717 g/mol. The van der Waals surface area contributed by atoms with Crippen molar-refractivity contribution in [2.24, 2.45) is 0 Å². The van der Waals surface area contributed by atoms with Gasteiger partial charge in [0.1, 0.15) is 36.8 Å². The second kappa shape index (κ2) is 32.5. The van der Waals surface area contributed by atoms with E-state index in [1.807, 2.05) is 0 Å². The normalized spacial score (nSPS) is 21.0. The Morgan fingerprint density at radius 1 is 0.611 bits per heavy atom. The van der Waals surface area contributed by atoms with Crippen molar-refractivity contribution in [1.29, 1.82) is 0 Å². The molecule has 1 saturated heterocycles. The Kier molecular flexibility index (Phi) is 30.3. The molecular formula is C41H76O12S. The van der Waals surface area contributed by atoms with Crippen LogP contribution in [0.2, 0.25) is 0 Å². The number of carbonyl (C=O) groups excluding carboxylic acids is 2. The highest BCUT2D eigenvalue weighted by atomic mass is 32.2. The van der Waals surface area contributed by atoms with Crippen LogP contribution in [0.3, 0.4) is 0 Å². The van der Waals surface area contributed by atoms with Gasteiger partial charge in [0.15, 0.2) is 12.4 Å². The van der Waals surface area contributed by atoms with Gasteiger partial charge in [-0.2, -0.15) is 8.42 Å². The number of ether oxygens (including phenoxy) is 4. The molecule has 0 aromatic heterocycles. The van der Waals surface area contributed by atoms with Crippen LogP contribution in [0.4, 0.5) is 0 Å². The highest BCUT2D eigenvalue weighted by Crippen LogP contribution is 2.24. The summed E-state index contributed by atoms with van der Waals surface area (Å²) in [5, 5.41) is 30.8. The van der Waals surface area contributed by atoms with Crippen LogP contribution in [-0.2, 0) is 38.7 Å². The van der Waals surface area contributed by atoms with Crippen LogP contribution in [0.1, 0.15) is 181 Å². The van der Waals surface area contributed by atoms with Crippen LogP contribution in [0.15, 0.2) is 12.2 Å². The molecule has 54 heavy (non-hydrogen) atoms. The summed E-state index contributed by atoms with van der Waals surface area (Å²) in [5.74, 6) is -1.99. The third kappa shape index (κ3) is 27.1. The Bertz CT molecular complexity index is 1070. The van der Waals surface area contributed by atoms with Gasteiger partial charge in [-0.05, 0) is 38.5 Å². The van der Waals surface area contributed by atoms with E-state index in [9.17, 15) is 37.9 Å². The highest BCUT2D eigenvalue weighted by molar-refractivity contribution is 7.85. The van der Waals surface area contributed by atoms with E-state index in [1.54, 1.807) is 0 Å². The van der Waals surface area contributed by atoms with E-state index >= 15 is 0 Å². The van der Waals surface area contributed by atoms with Gasteiger partial charge >= 0.3 is 11.9 Å². The third-order valence-electron chi connectivity index (χ3n) is 9.85. The average Bonchev–Trinajstić information content (AvgIpc) is 3.13. The van der Waals surface area contributed by atoms with E-state index in [0.717, 1.165) is 57.8 Å². The monoisotopic (exact) mass is 793 g/mol. The fourth-order valence-corrected chi connectivity index (χ4v) is 7.19. The summed E-state index contributed by atoms with van der Waals surface area (Å²) >= 11 is 0. The van der Waals surface area contributed by atoms with Crippen molar-refractivity contribution in [2.75, 3.05) is 19.0 Å². The molecule has 0 bridgehead atoms. The van der Waals surface area contributed by atoms with Gasteiger partial charge in [-0.15, -0.1) is 0 Å². The fourth-order valence-electron chi connectivity index (χ4n) is 6.49.